The van der Waals surface area contributed by atoms with Crippen LogP contribution in [0.1, 0.15) is 13.3 Å². The number of benzene rings is 4. The third-order valence-corrected chi connectivity index (χ3v) is 8.20. The Labute approximate surface area is 200 Å². The van der Waals surface area contributed by atoms with Gasteiger partial charge in [0.1, 0.15) is 0 Å². The molecule has 0 saturated heterocycles. The number of hydrogen-bond acceptors (Lipinski definition) is 3. The molecule has 0 fully saturated rings. The Morgan fingerprint density at radius 3 is 2.03 bits per heavy atom. The van der Waals surface area contributed by atoms with Crippen molar-refractivity contribution in [2.45, 2.75) is 13.3 Å². The second kappa shape index (κ2) is 9.99. The van der Waals surface area contributed by atoms with E-state index in [1.54, 1.807) is 13.1 Å². The van der Waals surface area contributed by atoms with E-state index in [0.717, 1.165) is 22.0 Å². The largest absolute Gasteiger partial charge is 0.424 e. The Hall–Kier alpha value is -3.81. The van der Waals surface area contributed by atoms with Gasteiger partial charge in [-0.1, -0.05) is 110 Å². The lowest BCUT2D eigenvalue weighted by atomic mass is 10.0. The van der Waals surface area contributed by atoms with Crippen LogP contribution in [0, 0.1) is 0 Å². The molecule has 1 aromatic heterocycles. The van der Waals surface area contributed by atoms with Crippen molar-refractivity contribution in [3.8, 4) is 16.9 Å². The molecule has 0 radical (unpaired) electrons. The van der Waals surface area contributed by atoms with Gasteiger partial charge < -0.3 is 4.74 Å². The molecule has 166 valence electrons. The van der Waals surface area contributed by atoms with Crippen LogP contribution in [0.25, 0.3) is 22.0 Å². The van der Waals surface area contributed by atoms with Crippen molar-refractivity contribution in [1.29, 1.82) is 0 Å². The molecule has 5 rings (SSSR count). The maximum Gasteiger partial charge on any atom is 0.310 e. The predicted octanol–water partition coefficient (Wildman–Crippen LogP) is 5.98. The van der Waals surface area contributed by atoms with Crippen molar-refractivity contribution in [2.24, 2.45) is 0 Å². The summed E-state index contributed by atoms with van der Waals surface area (Å²) in [4.78, 5) is 16.9. The molecule has 0 atom stereocenters. The summed E-state index contributed by atoms with van der Waals surface area (Å²) in [7, 11) is -0.843. The summed E-state index contributed by atoms with van der Waals surface area (Å²) in [6, 6.07) is 37.7. The lowest BCUT2D eigenvalue weighted by Gasteiger charge is -2.23. The van der Waals surface area contributed by atoms with Crippen molar-refractivity contribution >= 4 is 40.7 Å². The highest BCUT2D eigenvalue weighted by atomic mass is 31.1. The fraction of sp³-hybridized carbons (Fsp3) is 0.0667. The van der Waals surface area contributed by atoms with Crippen molar-refractivity contribution in [3.05, 3.63) is 115 Å². The van der Waals surface area contributed by atoms with Gasteiger partial charge in [-0.3, -0.25) is 9.78 Å². The number of ether oxygens (including phenoxy) is 1. The summed E-state index contributed by atoms with van der Waals surface area (Å²) < 4.78 is 5.81. The molecular formula is C30H24NO2P. The Morgan fingerprint density at radius 2 is 1.35 bits per heavy atom. The Kier molecular flexibility index (Phi) is 6.46. The molecule has 3 nitrogen and oxygen atoms in total. The molecule has 0 aliphatic carbocycles. The minimum Gasteiger partial charge on any atom is -0.424 e. The first-order chi connectivity index (χ1) is 16.8. The average molecular weight is 462 g/mol. The zero-order valence-corrected chi connectivity index (χ0v) is 19.8. The molecule has 0 aliphatic rings. The number of para-hydroxylation sites is 1. The van der Waals surface area contributed by atoms with Gasteiger partial charge in [0.15, 0.2) is 5.75 Å². The van der Waals surface area contributed by atoms with E-state index in [-0.39, 0.29) is 5.97 Å². The van der Waals surface area contributed by atoms with Gasteiger partial charge in [-0.05, 0) is 35.5 Å². The normalized spacial score (nSPS) is 11.0. The fourth-order valence-corrected chi connectivity index (χ4v) is 6.59. The number of carbonyl (C=O) groups is 1. The van der Waals surface area contributed by atoms with Gasteiger partial charge in [0, 0.05) is 17.4 Å². The Balaban J connectivity index is 1.80. The molecule has 34 heavy (non-hydrogen) atoms. The van der Waals surface area contributed by atoms with Crippen LogP contribution < -0.4 is 20.7 Å². The van der Waals surface area contributed by atoms with Crippen molar-refractivity contribution in [3.63, 3.8) is 0 Å². The smallest absolute Gasteiger partial charge is 0.310 e. The number of carbonyl (C=O) groups excluding carboxylic acids is 1. The predicted molar refractivity (Wildman–Crippen MR) is 142 cm³/mol. The van der Waals surface area contributed by atoms with Gasteiger partial charge in [0.05, 0.1) is 11.7 Å². The standard InChI is InChI=1S/C30H24NO2P/c1-2-29(32)33-27-21-31-26-19-11-9-17-24(26)30(27)25-18-10-12-20-28(25)34(22-13-5-3-6-14-22)23-15-7-4-8-16-23/h3-21H,2H2,1H3. The summed E-state index contributed by atoms with van der Waals surface area (Å²) in [6.07, 6.45) is 1.98. The van der Waals surface area contributed by atoms with E-state index in [1.807, 2.05) is 42.5 Å². The summed E-state index contributed by atoms with van der Waals surface area (Å²) >= 11 is 0. The monoisotopic (exact) mass is 461 g/mol. The Morgan fingerprint density at radius 1 is 0.765 bits per heavy atom. The van der Waals surface area contributed by atoms with E-state index in [1.165, 1.54) is 15.9 Å². The van der Waals surface area contributed by atoms with E-state index in [9.17, 15) is 4.79 Å². The number of pyridine rings is 1. The highest BCUT2D eigenvalue weighted by Gasteiger charge is 2.23. The van der Waals surface area contributed by atoms with E-state index >= 15 is 0 Å². The summed E-state index contributed by atoms with van der Waals surface area (Å²) in [6.45, 7) is 1.80. The number of rotatable bonds is 6. The summed E-state index contributed by atoms with van der Waals surface area (Å²) in [5, 5.41) is 4.70. The van der Waals surface area contributed by atoms with Crippen molar-refractivity contribution in [2.75, 3.05) is 0 Å². The minimum atomic E-state index is -0.843. The number of aromatic nitrogens is 1. The quantitative estimate of drug-likeness (QED) is 0.231. The second-order valence-electron chi connectivity index (χ2n) is 7.87. The molecule has 0 spiro atoms. The minimum absolute atomic E-state index is 0.274. The van der Waals surface area contributed by atoms with Crippen LogP contribution in [-0.2, 0) is 4.79 Å². The third-order valence-electron chi connectivity index (χ3n) is 5.70. The zero-order chi connectivity index (χ0) is 23.3. The molecule has 0 saturated carbocycles. The van der Waals surface area contributed by atoms with Gasteiger partial charge in [0.2, 0.25) is 0 Å². The molecule has 1 heterocycles. The molecule has 0 amide bonds. The molecule has 0 aliphatic heterocycles. The SMILES string of the molecule is CCC(=O)Oc1cnc2ccccc2c1-c1ccccc1P(c1ccccc1)c1ccccc1. The van der Waals surface area contributed by atoms with E-state index < -0.39 is 7.92 Å². The molecule has 0 bridgehead atoms. The van der Waals surface area contributed by atoms with Crippen molar-refractivity contribution in [1.82, 2.24) is 4.98 Å². The lowest BCUT2D eigenvalue weighted by molar-refractivity contribution is -0.133. The van der Waals surface area contributed by atoms with Gasteiger partial charge in [0.25, 0.3) is 0 Å². The number of esters is 1. The number of hydrogen-bond donors (Lipinski definition) is 0. The average Bonchev–Trinajstić information content (AvgIpc) is 2.90. The summed E-state index contributed by atoms with van der Waals surface area (Å²) in [5.41, 5.74) is 2.83. The first kappa shape index (κ1) is 22.0. The maximum absolute atomic E-state index is 12.3. The van der Waals surface area contributed by atoms with Crippen LogP contribution in [-0.4, -0.2) is 11.0 Å². The van der Waals surface area contributed by atoms with E-state index in [0.29, 0.717) is 12.2 Å². The van der Waals surface area contributed by atoms with E-state index in [2.05, 4.69) is 71.7 Å². The lowest BCUT2D eigenvalue weighted by Crippen LogP contribution is -2.22. The highest BCUT2D eigenvalue weighted by Crippen LogP contribution is 2.42. The number of fused-ring (bicyclic) bond motifs is 1. The third kappa shape index (κ3) is 4.35. The van der Waals surface area contributed by atoms with Crippen LogP contribution in [0.4, 0.5) is 0 Å². The fourth-order valence-electron chi connectivity index (χ4n) is 4.13. The Bertz CT molecular complexity index is 1400. The molecular weight excluding hydrogens is 437 g/mol. The van der Waals surface area contributed by atoms with Crippen LogP contribution >= 0.6 is 7.92 Å². The van der Waals surface area contributed by atoms with Crippen LogP contribution in [0.3, 0.4) is 0 Å². The van der Waals surface area contributed by atoms with Crippen molar-refractivity contribution < 1.29 is 9.53 Å². The maximum atomic E-state index is 12.3. The first-order valence-electron chi connectivity index (χ1n) is 11.3. The van der Waals surface area contributed by atoms with Gasteiger partial charge in [-0.15, -0.1) is 0 Å². The van der Waals surface area contributed by atoms with Crippen LogP contribution in [0.5, 0.6) is 5.75 Å². The number of nitrogens with zero attached hydrogens (tertiary/aromatic N) is 1. The molecule has 4 aromatic carbocycles. The molecule has 0 unspecified atom stereocenters. The summed E-state index contributed by atoms with van der Waals surface area (Å²) in [5.74, 6) is 0.221. The first-order valence-corrected chi connectivity index (χ1v) is 12.7. The van der Waals surface area contributed by atoms with Crippen LogP contribution in [0.2, 0.25) is 0 Å². The molecule has 5 aromatic rings. The zero-order valence-electron chi connectivity index (χ0n) is 18.9. The van der Waals surface area contributed by atoms with Gasteiger partial charge >= 0.3 is 5.97 Å². The molecule has 4 heteroatoms. The molecule has 0 N–H and O–H groups in total. The second-order valence-corrected chi connectivity index (χ2v) is 10.1. The van der Waals surface area contributed by atoms with E-state index in [4.69, 9.17) is 4.74 Å². The van der Waals surface area contributed by atoms with Gasteiger partial charge in [-0.2, -0.15) is 0 Å². The van der Waals surface area contributed by atoms with Crippen LogP contribution in [0.15, 0.2) is 115 Å². The topological polar surface area (TPSA) is 39.2 Å². The highest BCUT2D eigenvalue weighted by molar-refractivity contribution is 7.80. The van der Waals surface area contributed by atoms with Gasteiger partial charge in [-0.25, -0.2) is 0 Å².